The average molecular weight is 290 g/mol. The molecule has 1 aromatic heterocycles. The fraction of sp³-hybridized carbons (Fsp3) is 0.667. The van der Waals surface area contributed by atoms with E-state index in [9.17, 15) is 4.79 Å². The monoisotopic (exact) mass is 289 g/mol. The highest BCUT2D eigenvalue weighted by molar-refractivity contribution is 9.09. The van der Waals surface area contributed by atoms with Crippen LogP contribution in [0.5, 0.6) is 0 Å². The van der Waals surface area contributed by atoms with Gasteiger partial charge in [-0.15, -0.1) is 5.10 Å². The Labute approximate surface area is 101 Å². The molecule has 1 saturated heterocycles. The molecular formula is C9H12BrN3OS. The predicted molar refractivity (Wildman–Crippen MR) is 62.3 cm³/mol. The molecule has 1 aromatic rings. The summed E-state index contributed by atoms with van der Waals surface area (Å²) in [6.45, 7) is 3.78. The highest BCUT2D eigenvalue weighted by Crippen LogP contribution is 2.24. The van der Waals surface area contributed by atoms with E-state index in [1.54, 1.807) is 5.38 Å². The zero-order valence-corrected chi connectivity index (χ0v) is 10.8. The summed E-state index contributed by atoms with van der Waals surface area (Å²) < 4.78 is 3.70. The maximum absolute atomic E-state index is 11.9. The van der Waals surface area contributed by atoms with Crippen molar-refractivity contribution in [3.63, 3.8) is 0 Å². The van der Waals surface area contributed by atoms with E-state index >= 15 is 0 Å². The summed E-state index contributed by atoms with van der Waals surface area (Å²) in [5.41, 5.74) is 0.467. The fourth-order valence-corrected chi connectivity index (χ4v) is 2.67. The lowest BCUT2D eigenvalue weighted by molar-refractivity contribution is 0.0700. The van der Waals surface area contributed by atoms with Gasteiger partial charge in [0, 0.05) is 23.3 Å². The third-order valence-corrected chi connectivity index (χ3v) is 4.43. The summed E-state index contributed by atoms with van der Waals surface area (Å²) in [7, 11) is 0. The first-order valence-corrected chi connectivity index (χ1v) is 6.64. The Morgan fingerprint density at radius 3 is 3.13 bits per heavy atom. The standard InChI is InChI=1S/C9H12BrN3OS/c1-6-2-3-13(4-7(6)10)9(14)8-5-15-12-11-8/h5-7H,2-4H2,1H3. The second kappa shape index (κ2) is 4.57. The molecule has 2 atom stereocenters. The first-order valence-electron chi connectivity index (χ1n) is 4.89. The molecule has 0 bridgehead atoms. The topological polar surface area (TPSA) is 46.1 Å². The highest BCUT2D eigenvalue weighted by Gasteiger charge is 2.28. The number of carbonyl (C=O) groups excluding carboxylic acids is 1. The average Bonchev–Trinajstić information content (AvgIpc) is 2.74. The summed E-state index contributed by atoms with van der Waals surface area (Å²) in [4.78, 5) is 14.2. The normalized spacial score (nSPS) is 26.7. The molecule has 15 heavy (non-hydrogen) atoms. The van der Waals surface area contributed by atoms with Crippen molar-refractivity contribution in [1.29, 1.82) is 0 Å². The molecule has 0 N–H and O–H groups in total. The molecule has 1 aliphatic rings. The van der Waals surface area contributed by atoms with Gasteiger partial charge in [-0.3, -0.25) is 4.79 Å². The van der Waals surface area contributed by atoms with Gasteiger partial charge < -0.3 is 4.90 Å². The van der Waals surface area contributed by atoms with Crippen molar-refractivity contribution in [3.05, 3.63) is 11.1 Å². The number of rotatable bonds is 1. The first-order chi connectivity index (χ1) is 7.18. The number of alkyl halides is 1. The highest BCUT2D eigenvalue weighted by atomic mass is 79.9. The van der Waals surface area contributed by atoms with Gasteiger partial charge in [0.05, 0.1) is 0 Å². The van der Waals surface area contributed by atoms with Crippen LogP contribution in [0.2, 0.25) is 0 Å². The van der Waals surface area contributed by atoms with Crippen LogP contribution in [0.4, 0.5) is 0 Å². The van der Waals surface area contributed by atoms with Crippen LogP contribution in [-0.2, 0) is 0 Å². The van der Waals surface area contributed by atoms with E-state index in [0.29, 0.717) is 16.4 Å². The number of hydrogen-bond donors (Lipinski definition) is 0. The van der Waals surface area contributed by atoms with Gasteiger partial charge in [0.15, 0.2) is 5.69 Å². The molecule has 82 valence electrons. The van der Waals surface area contributed by atoms with Crippen LogP contribution in [0.3, 0.4) is 0 Å². The van der Waals surface area contributed by atoms with E-state index in [0.717, 1.165) is 19.5 Å². The van der Waals surface area contributed by atoms with Gasteiger partial charge in [0.25, 0.3) is 5.91 Å². The van der Waals surface area contributed by atoms with Crippen molar-refractivity contribution in [2.24, 2.45) is 5.92 Å². The van der Waals surface area contributed by atoms with E-state index in [1.165, 1.54) is 11.5 Å². The van der Waals surface area contributed by atoms with Crippen molar-refractivity contribution >= 4 is 33.4 Å². The zero-order chi connectivity index (χ0) is 10.8. The number of aromatic nitrogens is 2. The zero-order valence-electron chi connectivity index (χ0n) is 8.39. The molecule has 1 fully saturated rings. The first kappa shape index (κ1) is 11.0. The molecule has 2 unspecified atom stereocenters. The van der Waals surface area contributed by atoms with Crippen LogP contribution >= 0.6 is 27.5 Å². The number of amides is 1. The molecule has 0 aliphatic carbocycles. The van der Waals surface area contributed by atoms with Crippen LogP contribution in [0.15, 0.2) is 5.38 Å². The lowest BCUT2D eigenvalue weighted by Crippen LogP contribution is -2.43. The minimum absolute atomic E-state index is 0.0000926. The van der Waals surface area contributed by atoms with Gasteiger partial charge in [-0.05, 0) is 23.9 Å². The Bertz CT molecular complexity index is 343. The molecule has 2 rings (SSSR count). The number of hydrogen-bond acceptors (Lipinski definition) is 4. The summed E-state index contributed by atoms with van der Waals surface area (Å²) in [6.07, 6.45) is 1.04. The molecule has 6 heteroatoms. The van der Waals surface area contributed by atoms with Crippen LogP contribution in [0.1, 0.15) is 23.8 Å². The number of carbonyl (C=O) groups is 1. The molecule has 0 saturated carbocycles. The lowest BCUT2D eigenvalue weighted by atomic mass is 9.99. The SMILES string of the molecule is CC1CCN(C(=O)c2csnn2)CC1Br. The van der Waals surface area contributed by atoms with E-state index < -0.39 is 0 Å². The van der Waals surface area contributed by atoms with E-state index in [-0.39, 0.29) is 5.91 Å². The van der Waals surface area contributed by atoms with Crippen LogP contribution in [-0.4, -0.2) is 38.3 Å². The Morgan fingerprint density at radius 2 is 2.53 bits per heavy atom. The minimum Gasteiger partial charge on any atom is -0.336 e. The van der Waals surface area contributed by atoms with Gasteiger partial charge in [-0.1, -0.05) is 27.3 Å². The molecule has 1 aliphatic heterocycles. The summed E-state index contributed by atoms with van der Waals surface area (Å²) in [5, 5.41) is 5.50. The molecule has 4 nitrogen and oxygen atoms in total. The van der Waals surface area contributed by atoms with E-state index in [4.69, 9.17) is 0 Å². The molecule has 0 spiro atoms. The van der Waals surface area contributed by atoms with Crippen molar-refractivity contribution in [2.75, 3.05) is 13.1 Å². The Balaban J connectivity index is 2.03. The predicted octanol–water partition coefficient (Wildman–Crippen LogP) is 1.78. The Kier molecular flexibility index (Phi) is 3.35. The van der Waals surface area contributed by atoms with Crippen molar-refractivity contribution < 1.29 is 4.79 Å². The summed E-state index contributed by atoms with van der Waals surface area (Å²) >= 11 is 4.81. The number of piperidine rings is 1. The molecule has 2 heterocycles. The van der Waals surface area contributed by atoms with E-state index in [1.807, 2.05) is 4.90 Å². The van der Waals surface area contributed by atoms with Gasteiger partial charge in [0.1, 0.15) is 0 Å². The minimum atomic E-state index is 0.0000926. The van der Waals surface area contributed by atoms with Crippen LogP contribution in [0.25, 0.3) is 0 Å². The van der Waals surface area contributed by atoms with Crippen molar-refractivity contribution in [1.82, 2.24) is 14.5 Å². The van der Waals surface area contributed by atoms with Crippen molar-refractivity contribution in [2.45, 2.75) is 18.2 Å². The van der Waals surface area contributed by atoms with Crippen LogP contribution in [0, 0.1) is 5.92 Å². The van der Waals surface area contributed by atoms with Gasteiger partial charge in [0.2, 0.25) is 0 Å². The Hall–Kier alpha value is -0.490. The molecule has 1 amide bonds. The number of likely N-dealkylation sites (tertiary alicyclic amines) is 1. The maximum Gasteiger partial charge on any atom is 0.275 e. The molecular weight excluding hydrogens is 278 g/mol. The summed E-state index contributed by atoms with van der Waals surface area (Å²) in [6, 6.07) is 0. The quantitative estimate of drug-likeness (QED) is 0.741. The third-order valence-electron chi connectivity index (χ3n) is 2.73. The van der Waals surface area contributed by atoms with Gasteiger partial charge >= 0.3 is 0 Å². The fourth-order valence-electron chi connectivity index (χ4n) is 1.63. The maximum atomic E-state index is 11.9. The van der Waals surface area contributed by atoms with Crippen LogP contribution < -0.4 is 0 Å². The van der Waals surface area contributed by atoms with Crippen molar-refractivity contribution in [3.8, 4) is 0 Å². The third kappa shape index (κ3) is 2.36. The lowest BCUT2D eigenvalue weighted by Gasteiger charge is -2.33. The molecule has 0 radical (unpaired) electrons. The van der Waals surface area contributed by atoms with Gasteiger partial charge in [-0.2, -0.15) is 0 Å². The smallest absolute Gasteiger partial charge is 0.275 e. The number of nitrogens with zero attached hydrogens (tertiary/aromatic N) is 3. The van der Waals surface area contributed by atoms with Gasteiger partial charge in [-0.25, -0.2) is 0 Å². The Morgan fingerprint density at radius 1 is 1.73 bits per heavy atom. The molecule has 0 aromatic carbocycles. The second-order valence-corrected chi connectivity index (χ2v) is 5.61. The largest absolute Gasteiger partial charge is 0.336 e. The second-order valence-electron chi connectivity index (χ2n) is 3.82. The number of halogens is 1. The van der Waals surface area contributed by atoms with E-state index in [2.05, 4.69) is 32.4 Å². The summed E-state index contributed by atoms with van der Waals surface area (Å²) in [5.74, 6) is 0.628.